The molecule has 0 fully saturated rings. The average molecular weight is 528 g/mol. The highest BCUT2D eigenvalue weighted by Gasteiger charge is 2.34. The summed E-state index contributed by atoms with van der Waals surface area (Å²) in [5.41, 5.74) is 8.59. The second kappa shape index (κ2) is 11.1. The van der Waals surface area contributed by atoms with E-state index in [-0.39, 0.29) is 6.04 Å². The molecule has 5 aromatic rings. The summed E-state index contributed by atoms with van der Waals surface area (Å²) in [4.78, 5) is 0. The largest absolute Gasteiger partial charge is 0.357 e. The van der Waals surface area contributed by atoms with E-state index in [2.05, 4.69) is 79.1 Å². The van der Waals surface area contributed by atoms with Crippen LogP contribution in [-0.4, -0.2) is 25.6 Å². The van der Waals surface area contributed by atoms with Gasteiger partial charge in [0.05, 0.1) is 23.1 Å². The summed E-state index contributed by atoms with van der Waals surface area (Å²) in [6, 6.07) is 39.3. The van der Waals surface area contributed by atoms with Gasteiger partial charge in [0.25, 0.3) is 0 Å². The van der Waals surface area contributed by atoms with Crippen LogP contribution in [0.3, 0.4) is 0 Å². The maximum Gasteiger partial charge on any atom is 0.190 e. The molecule has 4 aromatic carbocycles. The van der Waals surface area contributed by atoms with E-state index in [1.807, 2.05) is 64.3 Å². The van der Waals surface area contributed by atoms with Gasteiger partial charge in [0, 0.05) is 30.3 Å². The smallest absolute Gasteiger partial charge is 0.190 e. The van der Waals surface area contributed by atoms with Gasteiger partial charge in [0.1, 0.15) is 0 Å². The minimum absolute atomic E-state index is 0.107. The van der Waals surface area contributed by atoms with Gasteiger partial charge in [0.15, 0.2) is 5.11 Å². The Labute approximate surface area is 234 Å². The second-order valence-electron chi connectivity index (χ2n) is 9.70. The van der Waals surface area contributed by atoms with E-state index in [0.29, 0.717) is 11.7 Å². The summed E-state index contributed by atoms with van der Waals surface area (Å²) >= 11 is 5.95. The fourth-order valence-corrected chi connectivity index (χ4v) is 5.12. The minimum atomic E-state index is -0.107. The summed E-state index contributed by atoms with van der Waals surface area (Å²) in [6.45, 7) is 2.73. The minimum Gasteiger partial charge on any atom is -0.357 e. The van der Waals surface area contributed by atoms with Crippen molar-refractivity contribution in [3.8, 4) is 16.9 Å². The quantitative estimate of drug-likeness (QED) is 0.240. The molecule has 0 saturated carbocycles. The summed E-state index contributed by atoms with van der Waals surface area (Å²) in [5.74, 6) is 0. The molecule has 6 heteroatoms. The fourth-order valence-electron chi connectivity index (χ4n) is 4.88. The van der Waals surface area contributed by atoms with Gasteiger partial charge < -0.3 is 5.32 Å². The number of aryl methyl sites for hydroxylation is 1. The third-order valence-electron chi connectivity index (χ3n) is 6.96. The number of thiocarbonyl (C=S) groups is 1. The topological polar surface area (TPSA) is 45.5 Å². The molecular weight excluding hydrogens is 498 g/mol. The number of hydrogen-bond acceptors (Lipinski definition) is 3. The first-order valence-electron chi connectivity index (χ1n) is 13.1. The van der Waals surface area contributed by atoms with Crippen LogP contribution in [0.5, 0.6) is 0 Å². The zero-order valence-corrected chi connectivity index (χ0v) is 22.6. The normalized spacial score (nSPS) is 14.7. The van der Waals surface area contributed by atoms with Gasteiger partial charge >= 0.3 is 0 Å². The molecule has 6 rings (SSSR count). The van der Waals surface area contributed by atoms with Crippen LogP contribution in [0, 0.1) is 6.92 Å². The highest BCUT2D eigenvalue weighted by molar-refractivity contribution is 7.80. The zero-order chi connectivity index (χ0) is 26.6. The number of para-hydroxylation sites is 1. The highest BCUT2D eigenvalue weighted by Crippen LogP contribution is 2.38. The maximum atomic E-state index is 5.95. The Kier molecular flexibility index (Phi) is 7.02. The predicted molar refractivity (Wildman–Crippen MR) is 162 cm³/mol. The lowest BCUT2D eigenvalue weighted by Gasteiger charge is -2.24. The number of benzene rings is 4. The molecule has 0 spiro atoms. The lowest BCUT2D eigenvalue weighted by atomic mass is 9.96. The summed E-state index contributed by atoms with van der Waals surface area (Å²) < 4.78 is 1.96. The number of hydrogen-bond donors (Lipinski definition) is 1. The fraction of sp³-hybridized carbons (Fsp3) is 0.121. The number of rotatable bonds is 6. The summed E-state index contributed by atoms with van der Waals surface area (Å²) in [5, 5.41) is 16.2. The molecule has 1 aliphatic rings. The molecule has 2 heterocycles. The van der Waals surface area contributed by atoms with E-state index in [9.17, 15) is 0 Å². The zero-order valence-electron chi connectivity index (χ0n) is 21.7. The van der Waals surface area contributed by atoms with Crippen molar-refractivity contribution in [1.29, 1.82) is 0 Å². The second-order valence-corrected chi connectivity index (χ2v) is 10.1. The Hall–Kier alpha value is -4.55. The highest BCUT2D eigenvalue weighted by atomic mass is 32.1. The van der Waals surface area contributed by atoms with Crippen LogP contribution in [0.2, 0.25) is 0 Å². The van der Waals surface area contributed by atoms with E-state index in [4.69, 9.17) is 22.4 Å². The van der Waals surface area contributed by atoms with Crippen molar-refractivity contribution in [3.05, 3.63) is 144 Å². The van der Waals surface area contributed by atoms with Crippen molar-refractivity contribution in [2.24, 2.45) is 5.10 Å². The lowest BCUT2D eigenvalue weighted by molar-refractivity contribution is 0.364. The molecule has 0 amide bonds. The van der Waals surface area contributed by atoms with E-state index in [0.717, 1.165) is 40.2 Å². The summed E-state index contributed by atoms with van der Waals surface area (Å²) in [6.07, 6.45) is 2.85. The standard InChI is InChI=1S/C33H29N5S/c1-24-17-19-27(20-18-24)32-29(23-37(36-32)28-15-9-4-10-16-28)31-21-30(26-13-7-3-8-14-26)35-38(31)33(39)34-22-25-11-5-2-6-12-25/h2-20,23,31H,21-22H2,1H3,(H,34,39). The Balaban J connectivity index is 1.41. The van der Waals surface area contributed by atoms with Crippen LogP contribution in [0.25, 0.3) is 16.9 Å². The van der Waals surface area contributed by atoms with Crippen LogP contribution >= 0.6 is 12.2 Å². The van der Waals surface area contributed by atoms with Gasteiger partial charge in [-0.25, -0.2) is 9.69 Å². The number of aromatic nitrogens is 2. The molecule has 1 aliphatic heterocycles. The maximum absolute atomic E-state index is 5.95. The van der Waals surface area contributed by atoms with Crippen LogP contribution < -0.4 is 5.32 Å². The third-order valence-corrected chi connectivity index (χ3v) is 7.29. The Bertz CT molecular complexity index is 1590. The molecule has 192 valence electrons. The molecule has 1 unspecified atom stereocenters. The van der Waals surface area contributed by atoms with E-state index < -0.39 is 0 Å². The van der Waals surface area contributed by atoms with E-state index >= 15 is 0 Å². The van der Waals surface area contributed by atoms with Crippen LogP contribution in [0.15, 0.2) is 127 Å². The van der Waals surface area contributed by atoms with E-state index in [1.165, 1.54) is 11.1 Å². The molecule has 0 bridgehead atoms. The van der Waals surface area contributed by atoms with Gasteiger partial charge in [-0.2, -0.15) is 10.2 Å². The van der Waals surface area contributed by atoms with Gasteiger partial charge in [-0.05, 0) is 42.4 Å². The average Bonchev–Trinajstić information content (AvgIpc) is 3.63. The van der Waals surface area contributed by atoms with Crippen molar-refractivity contribution in [1.82, 2.24) is 20.1 Å². The SMILES string of the molecule is Cc1ccc(-c2nn(-c3ccccc3)cc2C2CC(c3ccccc3)=NN2C(=S)NCc2ccccc2)cc1. The molecule has 1 atom stereocenters. The van der Waals surface area contributed by atoms with Crippen LogP contribution in [0.1, 0.15) is 34.7 Å². The number of nitrogens with one attached hydrogen (secondary N) is 1. The Morgan fingerprint density at radius 1 is 0.821 bits per heavy atom. The first-order valence-corrected chi connectivity index (χ1v) is 13.5. The van der Waals surface area contributed by atoms with E-state index in [1.54, 1.807) is 0 Å². The Morgan fingerprint density at radius 3 is 2.15 bits per heavy atom. The third kappa shape index (κ3) is 5.38. The molecular formula is C33H29N5S. The van der Waals surface area contributed by atoms with Crippen LogP contribution in [0.4, 0.5) is 0 Å². The molecule has 39 heavy (non-hydrogen) atoms. The first kappa shape index (κ1) is 24.8. The molecule has 1 aromatic heterocycles. The van der Waals surface area contributed by atoms with Gasteiger partial charge in [-0.15, -0.1) is 0 Å². The number of hydrazone groups is 1. The monoisotopic (exact) mass is 527 g/mol. The first-order chi connectivity index (χ1) is 19.2. The van der Waals surface area contributed by atoms with Gasteiger partial charge in [-0.3, -0.25) is 0 Å². The van der Waals surface area contributed by atoms with Crippen molar-refractivity contribution in [2.75, 3.05) is 0 Å². The van der Waals surface area contributed by atoms with Crippen molar-refractivity contribution < 1.29 is 0 Å². The Morgan fingerprint density at radius 2 is 1.46 bits per heavy atom. The molecule has 0 radical (unpaired) electrons. The summed E-state index contributed by atoms with van der Waals surface area (Å²) in [7, 11) is 0. The van der Waals surface area contributed by atoms with Crippen molar-refractivity contribution >= 4 is 23.0 Å². The molecule has 0 aliphatic carbocycles. The van der Waals surface area contributed by atoms with Gasteiger partial charge in [-0.1, -0.05) is 109 Å². The molecule has 0 saturated heterocycles. The molecule has 1 N–H and O–H groups in total. The van der Waals surface area contributed by atoms with Gasteiger partial charge in [0.2, 0.25) is 0 Å². The molecule has 5 nitrogen and oxygen atoms in total. The lowest BCUT2D eigenvalue weighted by Crippen LogP contribution is -2.36. The van der Waals surface area contributed by atoms with Crippen molar-refractivity contribution in [3.63, 3.8) is 0 Å². The van der Waals surface area contributed by atoms with Crippen LogP contribution in [-0.2, 0) is 6.54 Å². The van der Waals surface area contributed by atoms with Crippen molar-refractivity contribution in [2.45, 2.75) is 25.9 Å². The predicted octanol–water partition coefficient (Wildman–Crippen LogP) is 7.07. The number of nitrogens with zero attached hydrogens (tertiary/aromatic N) is 4.